The molecule has 2 aromatic rings. The van der Waals surface area contributed by atoms with Crippen LogP contribution in [0.1, 0.15) is 18.4 Å². The number of aromatic nitrogens is 1. The van der Waals surface area contributed by atoms with Crippen LogP contribution in [-0.4, -0.2) is 40.2 Å². The van der Waals surface area contributed by atoms with Crippen molar-refractivity contribution in [2.75, 3.05) is 19.6 Å². The van der Waals surface area contributed by atoms with Gasteiger partial charge in [-0.3, -0.25) is 4.98 Å². The van der Waals surface area contributed by atoms with Gasteiger partial charge in [0, 0.05) is 18.9 Å². The lowest BCUT2D eigenvalue weighted by Crippen LogP contribution is -2.58. The van der Waals surface area contributed by atoms with E-state index in [-0.39, 0.29) is 0 Å². The van der Waals surface area contributed by atoms with E-state index in [0.717, 1.165) is 49.2 Å². The zero-order valence-electron chi connectivity index (χ0n) is 13.2. The Morgan fingerprint density at radius 3 is 2.48 bits per heavy atom. The van der Waals surface area contributed by atoms with Crippen LogP contribution >= 0.6 is 0 Å². The molecule has 0 saturated carbocycles. The van der Waals surface area contributed by atoms with Crippen LogP contribution in [0.5, 0.6) is 0 Å². The van der Waals surface area contributed by atoms with E-state index in [0.29, 0.717) is 5.92 Å². The molecular formula is C20H22N2O. The van der Waals surface area contributed by atoms with E-state index in [9.17, 15) is 5.11 Å². The first-order valence-electron chi connectivity index (χ1n) is 8.37. The topological polar surface area (TPSA) is 36.4 Å². The lowest BCUT2D eigenvalue weighted by Gasteiger charge is -2.49. The van der Waals surface area contributed by atoms with E-state index in [4.69, 9.17) is 0 Å². The number of nitrogens with zero attached hydrogens (tertiary/aromatic N) is 2. The number of fused-ring (bicyclic) bond motifs is 3. The number of aliphatic hydroxyl groups is 1. The van der Waals surface area contributed by atoms with E-state index in [2.05, 4.69) is 46.3 Å². The minimum Gasteiger partial charge on any atom is -0.384 e. The largest absolute Gasteiger partial charge is 0.384 e. The van der Waals surface area contributed by atoms with Crippen molar-refractivity contribution in [3.8, 4) is 11.1 Å². The van der Waals surface area contributed by atoms with Crippen molar-refractivity contribution >= 4 is 6.08 Å². The Bertz CT molecular complexity index is 687. The first-order chi connectivity index (χ1) is 11.2. The van der Waals surface area contributed by atoms with Crippen LogP contribution in [-0.2, 0) is 0 Å². The summed E-state index contributed by atoms with van der Waals surface area (Å²) in [5, 5.41) is 10.9. The van der Waals surface area contributed by atoms with Gasteiger partial charge < -0.3 is 10.0 Å². The van der Waals surface area contributed by atoms with E-state index in [1.54, 1.807) is 6.20 Å². The van der Waals surface area contributed by atoms with E-state index < -0.39 is 5.60 Å². The highest BCUT2D eigenvalue weighted by Crippen LogP contribution is 2.36. The van der Waals surface area contributed by atoms with Gasteiger partial charge >= 0.3 is 0 Å². The molecule has 1 N–H and O–H groups in total. The average molecular weight is 306 g/mol. The summed E-state index contributed by atoms with van der Waals surface area (Å²) in [6.07, 6.45) is 9.97. The molecule has 118 valence electrons. The molecule has 0 radical (unpaired) electrons. The van der Waals surface area contributed by atoms with Crippen molar-refractivity contribution < 1.29 is 5.11 Å². The lowest BCUT2D eigenvalue weighted by atomic mass is 9.75. The molecule has 1 atom stereocenters. The molecule has 0 spiro atoms. The van der Waals surface area contributed by atoms with E-state index >= 15 is 0 Å². The summed E-state index contributed by atoms with van der Waals surface area (Å²) in [7, 11) is 0. The molecule has 1 aromatic carbocycles. The van der Waals surface area contributed by atoms with Crippen LogP contribution in [0.4, 0.5) is 0 Å². The smallest absolute Gasteiger partial charge is 0.0986 e. The van der Waals surface area contributed by atoms with Crippen molar-refractivity contribution in [3.05, 3.63) is 60.4 Å². The second-order valence-corrected chi connectivity index (χ2v) is 6.74. The van der Waals surface area contributed by atoms with Crippen LogP contribution in [0.15, 0.2) is 54.9 Å². The van der Waals surface area contributed by atoms with Crippen molar-refractivity contribution in [2.24, 2.45) is 5.92 Å². The number of pyridine rings is 1. The normalized spacial score (nSPS) is 30.0. The van der Waals surface area contributed by atoms with Gasteiger partial charge in [-0.1, -0.05) is 42.5 Å². The molecule has 2 bridgehead atoms. The van der Waals surface area contributed by atoms with Crippen LogP contribution in [0.2, 0.25) is 0 Å². The predicted octanol–water partition coefficient (Wildman–Crippen LogP) is 3.22. The predicted molar refractivity (Wildman–Crippen MR) is 92.8 cm³/mol. The molecule has 3 nitrogen and oxygen atoms in total. The maximum absolute atomic E-state index is 10.9. The minimum absolute atomic E-state index is 0.415. The highest BCUT2D eigenvalue weighted by Gasteiger charge is 2.43. The van der Waals surface area contributed by atoms with Crippen molar-refractivity contribution in [2.45, 2.75) is 18.4 Å². The zero-order valence-corrected chi connectivity index (χ0v) is 13.2. The highest BCUT2D eigenvalue weighted by atomic mass is 16.3. The standard InChI is InChI=1S/C20H22N2O/c23-20(15-22-12-8-19(20)9-13-22)10-7-16-3-5-17(6-4-16)18-2-1-11-21-14-18/h1-7,10-11,14,19,23H,8-9,12-13,15H2. The molecule has 1 aromatic heterocycles. The van der Waals surface area contributed by atoms with Gasteiger partial charge in [0.2, 0.25) is 0 Å². The monoisotopic (exact) mass is 306 g/mol. The average Bonchev–Trinajstić information content (AvgIpc) is 2.62. The van der Waals surface area contributed by atoms with Crippen molar-refractivity contribution in [3.63, 3.8) is 0 Å². The Morgan fingerprint density at radius 1 is 1.09 bits per heavy atom. The Hall–Kier alpha value is -1.97. The molecule has 3 saturated heterocycles. The summed E-state index contributed by atoms with van der Waals surface area (Å²) in [5.41, 5.74) is 2.76. The molecule has 1 unspecified atom stereocenters. The van der Waals surface area contributed by atoms with Gasteiger partial charge in [0.25, 0.3) is 0 Å². The van der Waals surface area contributed by atoms with Gasteiger partial charge in [0.1, 0.15) is 0 Å². The molecule has 0 amide bonds. The van der Waals surface area contributed by atoms with Crippen LogP contribution < -0.4 is 0 Å². The van der Waals surface area contributed by atoms with Gasteiger partial charge in [-0.05, 0) is 54.6 Å². The quantitative estimate of drug-likeness (QED) is 0.946. The fraction of sp³-hybridized carbons (Fsp3) is 0.350. The Morgan fingerprint density at radius 2 is 1.87 bits per heavy atom. The van der Waals surface area contributed by atoms with Crippen molar-refractivity contribution in [1.29, 1.82) is 0 Å². The number of benzene rings is 1. The van der Waals surface area contributed by atoms with E-state index in [1.165, 1.54) is 0 Å². The summed E-state index contributed by atoms with van der Waals surface area (Å²) in [6.45, 7) is 3.06. The van der Waals surface area contributed by atoms with Gasteiger partial charge in [-0.25, -0.2) is 0 Å². The summed E-state index contributed by atoms with van der Waals surface area (Å²) in [6, 6.07) is 12.4. The molecule has 3 aliphatic rings. The second-order valence-electron chi connectivity index (χ2n) is 6.74. The fourth-order valence-electron chi connectivity index (χ4n) is 3.83. The third-order valence-corrected chi connectivity index (χ3v) is 5.24. The van der Waals surface area contributed by atoms with Crippen LogP contribution in [0.25, 0.3) is 17.2 Å². The molecule has 3 fully saturated rings. The summed E-state index contributed by atoms with van der Waals surface area (Å²) in [4.78, 5) is 6.53. The zero-order chi connectivity index (χ0) is 15.7. The van der Waals surface area contributed by atoms with Gasteiger partial charge in [0.15, 0.2) is 0 Å². The van der Waals surface area contributed by atoms with Crippen LogP contribution in [0, 0.1) is 5.92 Å². The Kier molecular flexibility index (Phi) is 3.76. The molecule has 5 rings (SSSR count). The highest BCUT2D eigenvalue weighted by molar-refractivity contribution is 5.65. The van der Waals surface area contributed by atoms with Crippen molar-refractivity contribution in [1.82, 2.24) is 9.88 Å². The summed E-state index contributed by atoms with van der Waals surface area (Å²) in [5.74, 6) is 0.415. The molecule has 3 aliphatic heterocycles. The summed E-state index contributed by atoms with van der Waals surface area (Å²) >= 11 is 0. The first kappa shape index (κ1) is 14.6. The number of piperidine rings is 3. The third-order valence-electron chi connectivity index (χ3n) is 5.24. The molecular weight excluding hydrogens is 284 g/mol. The molecule has 3 heteroatoms. The third kappa shape index (κ3) is 2.94. The maximum Gasteiger partial charge on any atom is 0.0986 e. The molecule has 4 heterocycles. The van der Waals surface area contributed by atoms with Crippen LogP contribution in [0.3, 0.4) is 0 Å². The van der Waals surface area contributed by atoms with Gasteiger partial charge in [0.05, 0.1) is 5.60 Å². The Labute approximate surface area is 137 Å². The lowest BCUT2D eigenvalue weighted by molar-refractivity contribution is -0.0775. The molecule has 0 aliphatic carbocycles. The minimum atomic E-state index is -0.654. The number of hydrogen-bond acceptors (Lipinski definition) is 3. The molecule has 23 heavy (non-hydrogen) atoms. The first-order valence-corrected chi connectivity index (χ1v) is 8.37. The number of rotatable bonds is 3. The van der Waals surface area contributed by atoms with Gasteiger partial charge in [-0.2, -0.15) is 0 Å². The second kappa shape index (κ2) is 5.91. The van der Waals surface area contributed by atoms with E-state index in [1.807, 2.05) is 18.3 Å². The van der Waals surface area contributed by atoms with Gasteiger partial charge in [-0.15, -0.1) is 0 Å². The fourth-order valence-corrected chi connectivity index (χ4v) is 3.83. The Balaban J connectivity index is 1.51. The SMILES string of the molecule is OC1(C=Cc2ccc(-c3cccnc3)cc2)CN2CCC1CC2. The number of hydrogen-bond donors (Lipinski definition) is 1. The summed E-state index contributed by atoms with van der Waals surface area (Å²) < 4.78 is 0. The maximum atomic E-state index is 10.9.